The molecule has 464 valence electrons. The molecule has 0 aromatic rings. The maximum absolute atomic E-state index is 12.5. The first-order chi connectivity index (χ1) is 38.5. The summed E-state index contributed by atoms with van der Waals surface area (Å²) in [6.07, 6.45) is 84.3. The van der Waals surface area contributed by atoms with E-state index in [1.165, 1.54) is 347 Å². The first-order valence-electron chi connectivity index (χ1n) is 36.0. The van der Waals surface area contributed by atoms with Crippen LogP contribution in [0.4, 0.5) is 0 Å². The molecule has 0 aliphatic rings. The van der Waals surface area contributed by atoms with Gasteiger partial charge in [0.2, 0.25) is 5.91 Å². The van der Waals surface area contributed by atoms with Crippen molar-refractivity contribution >= 4 is 11.9 Å². The number of carbonyl (C=O) groups excluding carboxylic acids is 2. The van der Waals surface area contributed by atoms with Gasteiger partial charge in [-0.1, -0.05) is 379 Å². The average Bonchev–Trinajstić information content (AvgIpc) is 3.44. The van der Waals surface area contributed by atoms with Crippen molar-refractivity contribution in [3.05, 3.63) is 12.2 Å². The standard InChI is InChI=1S/C72H141NO5/c1-3-5-7-9-11-13-15-17-19-21-22-23-26-29-33-36-40-44-48-52-56-60-64-70(75)69(68-74)73-71(76)65-61-57-53-49-45-41-37-34-30-27-24-25-28-31-35-39-43-47-51-55-59-63-67-78-72(77)66-62-58-54-50-46-42-38-32-20-18-16-14-12-10-8-6-4-2/h60,64,69-70,74-75H,3-59,61-63,65-68H2,1-2H3,(H,73,76)/b64-60+. The Kier molecular flexibility index (Phi) is 66.9. The molecule has 0 rings (SSSR count). The summed E-state index contributed by atoms with van der Waals surface area (Å²) in [5.41, 5.74) is 0. The Morgan fingerprint density at radius 2 is 0.590 bits per heavy atom. The molecule has 0 bridgehead atoms. The molecule has 2 atom stereocenters. The smallest absolute Gasteiger partial charge is 0.305 e. The van der Waals surface area contributed by atoms with Crippen molar-refractivity contribution in [3.63, 3.8) is 0 Å². The molecule has 3 N–H and O–H groups in total. The van der Waals surface area contributed by atoms with Crippen molar-refractivity contribution in [3.8, 4) is 0 Å². The highest BCUT2D eigenvalue weighted by Gasteiger charge is 2.18. The predicted octanol–water partition coefficient (Wildman–Crippen LogP) is 23.1. The Balaban J connectivity index is 3.39. The van der Waals surface area contributed by atoms with Crippen LogP contribution in [-0.2, 0) is 14.3 Å². The highest BCUT2D eigenvalue weighted by atomic mass is 16.5. The van der Waals surface area contributed by atoms with Crippen molar-refractivity contribution in [1.82, 2.24) is 5.32 Å². The number of hydrogen-bond acceptors (Lipinski definition) is 5. The van der Waals surface area contributed by atoms with Crippen LogP contribution in [0.3, 0.4) is 0 Å². The van der Waals surface area contributed by atoms with Crippen LogP contribution in [0.25, 0.3) is 0 Å². The zero-order valence-electron chi connectivity index (χ0n) is 53.2. The minimum atomic E-state index is -0.845. The van der Waals surface area contributed by atoms with E-state index in [0.717, 1.165) is 38.5 Å². The minimum Gasteiger partial charge on any atom is -0.466 e. The van der Waals surface area contributed by atoms with E-state index in [2.05, 4.69) is 19.2 Å². The van der Waals surface area contributed by atoms with Gasteiger partial charge in [-0.3, -0.25) is 9.59 Å². The van der Waals surface area contributed by atoms with E-state index in [1.807, 2.05) is 6.08 Å². The highest BCUT2D eigenvalue weighted by Crippen LogP contribution is 2.19. The number of aliphatic hydroxyl groups is 2. The summed E-state index contributed by atoms with van der Waals surface area (Å²) >= 11 is 0. The third kappa shape index (κ3) is 63.8. The molecule has 0 spiro atoms. The van der Waals surface area contributed by atoms with Crippen LogP contribution in [0.2, 0.25) is 0 Å². The van der Waals surface area contributed by atoms with Crippen molar-refractivity contribution < 1.29 is 24.5 Å². The van der Waals surface area contributed by atoms with Crippen molar-refractivity contribution in [1.29, 1.82) is 0 Å². The Morgan fingerprint density at radius 3 is 0.872 bits per heavy atom. The second-order valence-corrected chi connectivity index (χ2v) is 24.9. The number of unbranched alkanes of at least 4 members (excludes halogenated alkanes) is 57. The first kappa shape index (κ1) is 76.6. The molecule has 0 saturated carbocycles. The van der Waals surface area contributed by atoms with Crippen LogP contribution in [0.5, 0.6) is 0 Å². The number of aliphatic hydroxyl groups excluding tert-OH is 2. The van der Waals surface area contributed by atoms with E-state index in [-0.39, 0.29) is 18.5 Å². The lowest BCUT2D eigenvalue weighted by Gasteiger charge is -2.20. The maximum atomic E-state index is 12.5. The van der Waals surface area contributed by atoms with E-state index < -0.39 is 12.1 Å². The number of esters is 1. The van der Waals surface area contributed by atoms with Crippen molar-refractivity contribution in [2.24, 2.45) is 0 Å². The molecule has 0 aromatic heterocycles. The van der Waals surface area contributed by atoms with Gasteiger partial charge in [0.05, 0.1) is 25.4 Å². The Bertz CT molecular complexity index is 1180. The third-order valence-electron chi connectivity index (χ3n) is 17.1. The van der Waals surface area contributed by atoms with Gasteiger partial charge < -0.3 is 20.3 Å². The quantitative estimate of drug-likeness (QED) is 0.0320. The molecule has 0 aliphatic carbocycles. The largest absolute Gasteiger partial charge is 0.466 e. The molecule has 6 heteroatoms. The molecule has 6 nitrogen and oxygen atoms in total. The topological polar surface area (TPSA) is 95.9 Å². The molecule has 0 radical (unpaired) electrons. The van der Waals surface area contributed by atoms with Crippen LogP contribution in [0, 0.1) is 0 Å². The summed E-state index contributed by atoms with van der Waals surface area (Å²) in [4.78, 5) is 24.6. The van der Waals surface area contributed by atoms with Crippen molar-refractivity contribution in [2.75, 3.05) is 13.2 Å². The van der Waals surface area contributed by atoms with Crippen LogP contribution in [0.15, 0.2) is 12.2 Å². The van der Waals surface area contributed by atoms with Crippen LogP contribution >= 0.6 is 0 Å². The lowest BCUT2D eigenvalue weighted by Crippen LogP contribution is -2.45. The number of nitrogens with one attached hydrogen (secondary N) is 1. The second-order valence-electron chi connectivity index (χ2n) is 24.9. The van der Waals surface area contributed by atoms with Gasteiger partial charge in [-0.15, -0.1) is 0 Å². The molecule has 78 heavy (non-hydrogen) atoms. The molecule has 2 unspecified atom stereocenters. The summed E-state index contributed by atoms with van der Waals surface area (Å²) in [5, 5.41) is 23.3. The molecule has 0 heterocycles. The van der Waals surface area contributed by atoms with Gasteiger partial charge in [0, 0.05) is 12.8 Å². The fraction of sp³-hybridized carbons (Fsp3) is 0.944. The molecule has 1 amide bonds. The van der Waals surface area contributed by atoms with Gasteiger partial charge in [-0.05, 0) is 32.1 Å². The van der Waals surface area contributed by atoms with Gasteiger partial charge >= 0.3 is 5.97 Å². The number of amides is 1. The molecule has 0 fully saturated rings. The summed E-state index contributed by atoms with van der Waals surface area (Å²) in [5.74, 6) is -0.0452. The van der Waals surface area contributed by atoms with E-state index in [4.69, 9.17) is 4.74 Å². The fourth-order valence-corrected chi connectivity index (χ4v) is 11.6. The Labute approximate surface area is 489 Å². The molecular weight excluding hydrogens is 959 g/mol. The van der Waals surface area contributed by atoms with Crippen LogP contribution < -0.4 is 5.32 Å². The molecule has 0 aromatic carbocycles. The van der Waals surface area contributed by atoms with E-state index in [9.17, 15) is 19.8 Å². The monoisotopic (exact) mass is 1100 g/mol. The highest BCUT2D eigenvalue weighted by molar-refractivity contribution is 5.76. The van der Waals surface area contributed by atoms with Crippen LogP contribution in [0.1, 0.15) is 412 Å². The maximum Gasteiger partial charge on any atom is 0.305 e. The third-order valence-corrected chi connectivity index (χ3v) is 17.1. The number of hydrogen-bond donors (Lipinski definition) is 3. The zero-order valence-corrected chi connectivity index (χ0v) is 53.2. The molecular formula is C72H141NO5. The summed E-state index contributed by atoms with van der Waals surface area (Å²) < 4.78 is 5.51. The van der Waals surface area contributed by atoms with E-state index in [0.29, 0.717) is 19.4 Å². The fourth-order valence-electron chi connectivity index (χ4n) is 11.6. The average molecular weight is 1100 g/mol. The Hall–Kier alpha value is -1.40. The molecule has 0 saturated heterocycles. The summed E-state index contributed by atoms with van der Waals surface area (Å²) in [6.45, 7) is 4.95. The zero-order chi connectivity index (χ0) is 56.4. The lowest BCUT2D eigenvalue weighted by atomic mass is 10.0. The van der Waals surface area contributed by atoms with Gasteiger partial charge in [0.1, 0.15) is 0 Å². The van der Waals surface area contributed by atoms with Gasteiger partial charge in [0.25, 0.3) is 0 Å². The first-order valence-corrected chi connectivity index (χ1v) is 36.0. The van der Waals surface area contributed by atoms with Crippen LogP contribution in [-0.4, -0.2) is 47.4 Å². The van der Waals surface area contributed by atoms with Gasteiger partial charge in [-0.2, -0.15) is 0 Å². The Morgan fingerprint density at radius 1 is 0.346 bits per heavy atom. The number of rotatable bonds is 68. The minimum absolute atomic E-state index is 0.0179. The predicted molar refractivity (Wildman–Crippen MR) is 343 cm³/mol. The SMILES string of the molecule is CCCCCCCCCCCCCCCCCCCCCC/C=C/C(O)C(CO)NC(=O)CCCCCCCCCCCCCCCCCCCCCCCCOC(=O)CCCCCCCCCCCCCCCCCCC. The van der Waals surface area contributed by atoms with Gasteiger partial charge in [-0.25, -0.2) is 0 Å². The number of allylic oxidation sites excluding steroid dienone is 1. The van der Waals surface area contributed by atoms with Gasteiger partial charge in [0.15, 0.2) is 0 Å². The summed E-state index contributed by atoms with van der Waals surface area (Å²) in [6, 6.07) is -0.628. The normalized spacial score (nSPS) is 12.5. The van der Waals surface area contributed by atoms with Crippen molar-refractivity contribution in [2.45, 2.75) is 424 Å². The molecule has 0 aliphatic heterocycles. The second kappa shape index (κ2) is 68.1. The number of carbonyl (C=O) groups is 2. The van der Waals surface area contributed by atoms with E-state index in [1.54, 1.807) is 6.08 Å². The lowest BCUT2D eigenvalue weighted by molar-refractivity contribution is -0.143. The summed E-state index contributed by atoms with van der Waals surface area (Å²) in [7, 11) is 0. The number of ether oxygens (including phenoxy) is 1. The van der Waals surface area contributed by atoms with E-state index >= 15 is 0 Å².